The van der Waals surface area contributed by atoms with Gasteiger partial charge in [-0.3, -0.25) is 4.39 Å². The lowest BCUT2D eigenvalue weighted by Gasteiger charge is -2.16. The maximum absolute atomic E-state index is 12.3. The van der Waals surface area contributed by atoms with Gasteiger partial charge in [-0.05, 0) is 42.4 Å². The van der Waals surface area contributed by atoms with Crippen molar-refractivity contribution in [1.29, 1.82) is 0 Å². The van der Waals surface area contributed by atoms with Crippen LogP contribution in [-0.2, 0) is 6.42 Å². The van der Waals surface area contributed by atoms with E-state index in [4.69, 9.17) is 9.47 Å². The lowest BCUT2D eigenvalue weighted by atomic mass is 10.1. The van der Waals surface area contributed by atoms with Crippen LogP contribution in [-0.4, -0.2) is 19.9 Å². The number of benzene rings is 1. The minimum Gasteiger partial charge on any atom is -0.489 e. The first-order valence-corrected chi connectivity index (χ1v) is 7.47. The van der Waals surface area contributed by atoms with Crippen LogP contribution in [0.15, 0.2) is 18.2 Å². The zero-order valence-electron chi connectivity index (χ0n) is 13.1. The molecule has 0 atom stereocenters. The molecule has 2 nitrogen and oxygen atoms in total. The third-order valence-electron chi connectivity index (χ3n) is 2.75. The molecule has 0 saturated heterocycles. The van der Waals surface area contributed by atoms with E-state index in [1.165, 1.54) is 0 Å². The van der Waals surface area contributed by atoms with Crippen molar-refractivity contribution in [2.24, 2.45) is 11.8 Å². The predicted octanol–water partition coefficient (Wildman–Crippen LogP) is 4.66. The number of rotatable bonds is 9. The van der Waals surface area contributed by atoms with Gasteiger partial charge in [0.05, 0.1) is 19.9 Å². The van der Waals surface area contributed by atoms with E-state index in [2.05, 4.69) is 27.7 Å². The molecule has 114 valence electrons. The molecule has 1 aromatic carbocycles. The second-order valence-corrected chi connectivity index (χ2v) is 5.98. The first-order chi connectivity index (χ1) is 9.52. The van der Waals surface area contributed by atoms with Crippen molar-refractivity contribution in [3.8, 4) is 11.5 Å². The summed E-state index contributed by atoms with van der Waals surface area (Å²) in [4.78, 5) is 0. The molecule has 0 spiro atoms. The van der Waals surface area contributed by atoms with E-state index in [-0.39, 0.29) is 6.67 Å². The summed E-state index contributed by atoms with van der Waals surface area (Å²) in [6, 6.07) is 5.91. The molecule has 20 heavy (non-hydrogen) atoms. The minimum absolute atomic E-state index is 0.284. The maximum atomic E-state index is 12.3. The molecule has 0 aromatic heterocycles. The highest BCUT2D eigenvalue weighted by molar-refractivity contribution is 5.43. The van der Waals surface area contributed by atoms with E-state index in [1.807, 2.05) is 18.2 Å². The lowest BCUT2D eigenvalue weighted by molar-refractivity contribution is 0.229. The van der Waals surface area contributed by atoms with Gasteiger partial charge in [-0.15, -0.1) is 0 Å². The summed E-state index contributed by atoms with van der Waals surface area (Å²) < 4.78 is 23.9. The lowest BCUT2D eigenvalue weighted by Crippen LogP contribution is -2.09. The van der Waals surface area contributed by atoms with E-state index in [1.54, 1.807) is 0 Å². The van der Waals surface area contributed by atoms with Crippen molar-refractivity contribution >= 4 is 0 Å². The average Bonchev–Trinajstić information content (AvgIpc) is 2.41. The summed E-state index contributed by atoms with van der Waals surface area (Å²) in [5, 5.41) is 0. The fourth-order valence-electron chi connectivity index (χ4n) is 1.72. The molecular weight excluding hydrogens is 255 g/mol. The van der Waals surface area contributed by atoms with E-state index < -0.39 is 0 Å². The number of alkyl halides is 1. The molecule has 0 aliphatic heterocycles. The van der Waals surface area contributed by atoms with Gasteiger partial charge >= 0.3 is 0 Å². The highest BCUT2D eigenvalue weighted by atomic mass is 19.1. The van der Waals surface area contributed by atoms with Gasteiger partial charge in [-0.2, -0.15) is 0 Å². The summed E-state index contributed by atoms with van der Waals surface area (Å²) in [5.41, 5.74) is 1.10. The fraction of sp³-hybridized carbons (Fsp3) is 0.647. The SMILES string of the molecule is CC(C)COc1ccc(CCCF)cc1OCC(C)C. The molecule has 0 heterocycles. The van der Waals surface area contributed by atoms with Crippen molar-refractivity contribution in [2.75, 3.05) is 19.9 Å². The second-order valence-electron chi connectivity index (χ2n) is 5.98. The summed E-state index contributed by atoms with van der Waals surface area (Å²) in [7, 11) is 0. The summed E-state index contributed by atoms with van der Waals surface area (Å²) in [6.45, 7) is 9.50. The van der Waals surface area contributed by atoms with Gasteiger partial charge in [-0.1, -0.05) is 33.8 Å². The number of hydrogen-bond donors (Lipinski definition) is 0. The summed E-state index contributed by atoms with van der Waals surface area (Å²) in [5.74, 6) is 2.49. The second kappa shape index (κ2) is 8.83. The Hall–Kier alpha value is -1.25. The van der Waals surface area contributed by atoms with Crippen molar-refractivity contribution in [3.05, 3.63) is 23.8 Å². The predicted molar refractivity (Wildman–Crippen MR) is 81.4 cm³/mol. The Morgan fingerprint density at radius 1 is 0.950 bits per heavy atom. The molecule has 0 aliphatic rings. The average molecular weight is 282 g/mol. The summed E-state index contributed by atoms with van der Waals surface area (Å²) in [6.07, 6.45) is 1.29. The Labute approximate surface area is 122 Å². The van der Waals surface area contributed by atoms with Crippen LogP contribution in [0.25, 0.3) is 0 Å². The monoisotopic (exact) mass is 282 g/mol. The van der Waals surface area contributed by atoms with Crippen LogP contribution in [0.3, 0.4) is 0 Å². The molecule has 0 amide bonds. The fourth-order valence-corrected chi connectivity index (χ4v) is 1.72. The third-order valence-corrected chi connectivity index (χ3v) is 2.75. The molecular formula is C17H27FO2. The Morgan fingerprint density at radius 3 is 2.10 bits per heavy atom. The minimum atomic E-state index is -0.284. The van der Waals surface area contributed by atoms with Crippen molar-refractivity contribution < 1.29 is 13.9 Å². The van der Waals surface area contributed by atoms with Gasteiger partial charge in [-0.25, -0.2) is 0 Å². The smallest absolute Gasteiger partial charge is 0.161 e. The van der Waals surface area contributed by atoms with E-state index >= 15 is 0 Å². The first kappa shape index (κ1) is 16.8. The van der Waals surface area contributed by atoms with Crippen LogP contribution in [0.4, 0.5) is 4.39 Å². The molecule has 0 fully saturated rings. The topological polar surface area (TPSA) is 18.5 Å². The first-order valence-electron chi connectivity index (χ1n) is 7.47. The van der Waals surface area contributed by atoms with Crippen LogP contribution in [0, 0.1) is 11.8 Å². The molecule has 0 aliphatic carbocycles. The molecule has 0 N–H and O–H groups in total. The highest BCUT2D eigenvalue weighted by Gasteiger charge is 2.09. The molecule has 3 heteroatoms. The van der Waals surface area contributed by atoms with Gasteiger partial charge in [0.1, 0.15) is 0 Å². The van der Waals surface area contributed by atoms with Gasteiger partial charge in [0.15, 0.2) is 11.5 Å². The number of aryl methyl sites for hydroxylation is 1. The standard InChI is InChI=1S/C17H27FO2/c1-13(2)11-19-16-8-7-15(6-5-9-18)10-17(16)20-12-14(3)4/h7-8,10,13-14H,5-6,9,11-12H2,1-4H3. The van der Waals surface area contributed by atoms with Crippen molar-refractivity contribution in [3.63, 3.8) is 0 Å². The Kier molecular flexibility index (Phi) is 7.42. The number of halogens is 1. The summed E-state index contributed by atoms with van der Waals surface area (Å²) >= 11 is 0. The van der Waals surface area contributed by atoms with Crippen LogP contribution in [0.2, 0.25) is 0 Å². The highest BCUT2D eigenvalue weighted by Crippen LogP contribution is 2.29. The zero-order chi connectivity index (χ0) is 15.0. The van der Waals surface area contributed by atoms with Crippen molar-refractivity contribution in [2.45, 2.75) is 40.5 Å². The van der Waals surface area contributed by atoms with Gasteiger partial charge < -0.3 is 9.47 Å². The van der Waals surface area contributed by atoms with Gasteiger partial charge in [0.25, 0.3) is 0 Å². The molecule has 0 radical (unpaired) electrons. The van der Waals surface area contributed by atoms with Crippen LogP contribution >= 0.6 is 0 Å². The molecule has 0 bridgehead atoms. The third kappa shape index (κ3) is 6.27. The molecule has 0 unspecified atom stereocenters. The van der Waals surface area contributed by atoms with Crippen LogP contribution in [0.1, 0.15) is 39.7 Å². The molecule has 1 aromatic rings. The van der Waals surface area contributed by atoms with Gasteiger partial charge in [0, 0.05) is 0 Å². The Morgan fingerprint density at radius 2 is 1.55 bits per heavy atom. The number of ether oxygens (including phenoxy) is 2. The van der Waals surface area contributed by atoms with Crippen LogP contribution in [0.5, 0.6) is 11.5 Å². The van der Waals surface area contributed by atoms with E-state index in [0.29, 0.717) is 31.5 Å². The normalized spacial score (nSPS) is 11.2. The Bertz CT molecular complexity index is 389. The largest absolute Gasteiger partial charge is 0.489 e. The molecule has 1 rings (SSSR count). The quantitative estimate of drug-likeness (QED) is 0.656. The van der Waals surface area contributed by atoms with Gasteiger partial charge in [0.2, 0.25) is 0 Å². The Balaban J connectivity index is 2.79. The molecule has 0 saturated carbocycles. The number of hydrogen-bond acceptors (Lipinski definition) is 2. The van der Waals surface area contributed by atoms with Crippen molar-refractivity contribution in [1.82, 2.24) is 0 Å². The van der Waals surface area contributed by atoms with Crippen LogP contribution < -0.4 is 9.47 Å². The zero-order valence-corrected chi connectivity index (χ0v) is 13.1. The van der Waals surface area contributed by atoms with E-state index in [9.17, 15) is 4.39 Å². The van der Waals surface area contributed by atoms with E-state index in [0.717, 1.165) is 23.5 Å². The maximum Gasteiger partial charge on any atom is 0.161 e.